The summed E-state index contributed by atoms with van der Waals surface area (Å²) in [4.78, 5) is 0. The van der Waals surface area contributed by atoms with E-state index in [4.69, 9.17) is 15.8 Å². The van der Waals surface area contributed by atoms with E-state index in [2.05, 4.69) is 5.90 Å². The minimum atomic E-state index is -4.03. The van der Waals surface area contributed by atoms with Crippen molar-refractivity contribution >= 4 is 0 Å². The van der Waals surface area contributed by atoms with Gasteiger partial charge >= 0.3 is 28.2 Å². The van der Waals surface area contributed by atoms with Crippen molar-refractivity contribution in [1.82, 2.24) is 0 Å². The molecule has 0 aliphatic carbocycles. The van der Waals surface area contributed by atoms with Gasteiger partial charge in [-0.05, 0) is 0 Å². The van der Waals surface area contributed by atoms with Crippen LogP contribution in [-0.2, 0) is 24.4 Å². The van der Waals surface area contributed by atoms with Gasteiger partial charge in [0.05, 0.1) is 0 Å². The normalized spacial score (nSPS) is 5.17. The second kappa shape index (κ2) is 8.95. The quantitative estimate of drug-likeness (QED) is 0.465. The summed E-state index contributed by atoms with van der Waals surface area (Å²) in [6.07, 6.45) is 0. The average Bonchev–Trinajstić information content (AvgIpc) is 1.41. The molecule has 5 nitrogen and oxygen atoms in total. The number of hydrogen-bond acceptors (Lipinski definition) is 4. The molecule has 0 aromatic rings. The molecule has 39 valence electrons. The van der Waals surface area contributed by atoms with Gasteiger partial charge in [0.25, 0.3) is 0 Å². The van der Waals surface area contributed by atoms with Crippen molar-refractivity contribution in [1.29, 1.82) is 0 Å². The monoisotopic (exact) mass is 266 g/mol. The van der Waals surface area contributed by atoms with Gasteiger partial charge in [0.1, 0.15) is 0 Å². The van der Waals surface area contributed by atoms with Crippen LogP contribution in [0.1, 0.15) is 0 Å². The van der Waals surface area contributed by atoms with Crippen LogP contribution in [0.2, 0.25) is 0 Å². The Kier molecular flexibility index (Phi) is 14.1. The average molecular weight is 266 g/mol. The Morgan fingerprint density at radius 2 is 1.33 bits per heavy atom. The maximum atomic E-state index is 8.72. The first-order valence-electron chi connectivity index (χ1n) is 0.774. The van der Waals surface area contributed by atoms with Crippen molar-refractivity contribution in [3.05, 3.63) is 0 Å². The van der Waals surface area contributed by atoms with Crippen LogP contribution < -0.4 is 5.90 Å². The Balaban J connectivity index is 0. The summed E-state index contributed by atoms with van der Waals surface area (Å²) in [5.74, 6) is 3.50. The molecule has 0 heterocycles. The summed E-state index contributed by atoms with van der Waals surface area (Å²) in [5, 5.41) is 6.50. The van der Waals surface area contributed by atoms with Crippen molar-refractivity contribution in [3.63, 3.8) is 0 Å². The Hall–Kier alpha value is 0.168. The number of rotatable bonds is 0. The predicted octanol–water partition coefficient (Wildman–Crippen LogP) is -1.46. The summed E-state index contributed by atoms with van der Waals surface area (Å²) < 4.78 is 24.6. The van der Waals surface area contributed by atoms with E-state index in [1.54, 1.807) is 0 Å². The summed E-state index contributed by atoms with van der Waals surface area (Å²) in [7, 11) is 0. The first-order chi connectivity index (χ1) is 2.73. The van der Waals surface area contributed by atoms with Crippen LogP contribution in [0, 0.1) is 0 Å². The van der Waals surface area contributed by atoms with E-state index in [9.17, 15) is 0 Å². The van der Waals surface area contributed by atoms with Crippen LogP contribution in [0.4, 0.5) is 0 Å². The molecule has 0 radical (unpaired) electrons. The van der Waals surface area contributed by atoms with Crippen LogP contribution in [0.15, 0.2) is 0 Å². The molecule has 0 aliphatic heterocycles. The van der Waals surface area contributed by atoms with Crippen LogP contribution in [0.25, 0.3) is 0 Å². The van der Waals surface area contributed by atoms with Gasteiger partial charge in [0, 0.05) is 0 Å². The van der Waals surface area contributed by atoms with E-state index in [1.165, 1.54) is 0 Å². The van der Waals surface area contributed by atoms with Crippen molar-refractivity contribution in [2.45, 2.75) is 0 Å². The summed E-state index contributed by atoms with van der Waals surface area (Å²) >= 11 is -4.03. The van der Waals surface area contributed by atoms with E-state index in [-0.39, 0.29) is 0 Å². The van der Waals surface area contributed by atoms with Gasteiger partial charge in [-0.2, -0.15) is 0 Å². The fourth-order valence-corrected chi connectivity index (χ4v) is 0. The molecular weight excluding hydrogens is 262 g/mol. The molecule has 0 aromatic heterocycles. The molecule has 0 bridgehead atoms. The van der Waals surface area contributed by atoms with Crippen LogP contribution in [-0.4, -0.2) is 8.97 Å². The molecule has 0 spiro atoms. The molecule has 0 rings (SSSR count). The zero-order valence-electron chi connectivity index (χ0n) is 2.70. The minimum absolute atomic E-state index is 3.50. The second-order valence-electron chi connectivity index (χ2n) is 0.217. The Morgan fingerprint density at radius 1 is 1.33 bits per heavy atom. The zero-order valence-corrected chi connectivity index (χ0v) is 5.63. The van der Waals surface area contributed by atoms with Gasteiger partial charge in [0.15, 0.2) is 0 Å². The van der Waals surface area contributed by atoms with Gasteiger partial charge in [-0.3, -0.25) is 0 Å². The first-order valence-corrected chi connectivity index (χ1v) is 4.48. The van der Waals surface area contributed by atoms with Gasteiger partial charge in [-0.25, -0.2) is 5.90 Å². The molecule has 0 saturated heterocycles. The fourth-order valence-electron chi connectivity index (χ4n) is 0. The molecule has 0 fully saturated rings. The van der Waals surface area contributed by atoms with E-state index in [0.717, 1.165) is 0 Å². The van der Waals surface area contributed by atoms with E-state index < -0.39 is 17.6 Å². The third-order valence-corrected chi connectivity index (χ3v) is 0. The Morgan fingerprint density at radius 3 is 1.33 bits per heavy atom. The topological polar surface area (TPSA) is 101 Å². The van der Waals surface area contributed by atoms with E-state index in [1.807, 2.05) is 0 Å². The van der Waals surface area contributed by atoms with Crippen LogP contribution in [0.5, 0.6) is 0 Å². The summed E-state index contributed by atoms with van der Waals surface area (Å²) in [6, 6.07) is 0. The third-order valence-electron chi connectivity index (χ3n) is 0. The van der Waals surface area contributed by atoms with Crippen molar-refractivity contribution in [3.8, 4) is 0 Å². The maximum absolute atomic E-state index is 8.72. The van der Waals surface area contributed by atoms with Crippen molar-refractivity contribution < 1.29 is 33.4 Å². The summed E-state index contributed by atoms with van der Waals surface area (Å²) in [5.41, 5.74) is 0. The molecule has 6 heteroatoms. The Labute approximate surface area is 40.0 Å². The van der Waals surface area contributed by atoms with Crippen LogP contribution in [0.3, 0.4) is 0 Å². The molecular formula is H4NO4W. The molecule has 0 saturated carbocycles. The zero-order chi connectivity index (χ0) is 5.58. The van der Waals surface area contributed by atoms with E-state index >= 15 is 0 Å². The third kappa shape index (κ3) is 1480. The first kappa shape index (κ1) is 9.48. The summed E-state index contributed by atoms with van der Waals surface area (Å²) in [6.45, 7) is 0. The predicted molar refractivity (Wildman–Crippen MR) is 9.57 cm³/mol. The fraction of sp³-hybridized carbons (Fsp3) is 0. The van der Waals surface area contributed by atoms with Crippen molar-refractivity contribution in [2.24, 2.45) is 5.90 Å². The Bertz CT molecular complexity index is 55.9. The second-order valence-corrected chi connectivity index (χ2v) is 1.78. The number of hydrogen-bond donors (Lipinski definition) is 3. The standard InChI is InChI=1S/H3NO.H2O.2O.W/c1-2;;;;/h2H,1H2;1H2;;;/q;;;;+1/p-1. The van der Waals surface area contributed by atoms with E-state index in [0.29, 0.717) is 0 Å². The van der Waals surface area contributed by atoms with Gasteiger partial charge in [-0.15, -0.1) is 0 Å². The van der Waals surface area contributed by atoms with Gasteiger partial charge in [-0.1, -0.05) is 0 Å². The SMILES string of the molecule is NO.[O]=[W](=[O])[OH]. The molecule has 0 aliphatic rings. The van der Waals surface area contributed by atoms with Crippen LogP contribution >= 0.6 is 0 Å². The molecule has 4 N–H and O–H groups in total. The molecule has 0 aromatic carbocycles. The molecule has 0 atom stereocenters. The van der Waals surface area contributed by atoms with Crippen molar-refractivity contribution in [2.75, 3.05) is 0 Å². The van der Waals surface area contributed by atoms with Gasteiger partial charge < -0.3 is 5.21 Å². The molecule has 0 unspecified atom stereocenters. The van der Waals surface area contributed by atoms with Gasteiger partial charge in [0.2, 0.25) is 0 Å². The molecule has 0 amide bonds. The number of nitrogens with two attached hydrogens (primary N) is 1. The molecule has 6 heavy (non-hydrogen) atoms.